The highest BCUT2D eigenvalue weighted by molar-refractivity contribution is 7.37. The van der Waals surface area contributed by atoms with Gasteiger partial charge in [-0.3, -0.25) is 4.79 Å². The number of nitrogens with two attached hydrogens (primary N) is 1. The molecule has 12 heavy (non-hydrogen) atoms. The number of carbonyl (C=O) groups is 1. The van der Waals surface area contributed by atoms with Crippen LogP contribution in [0.3, 0.4) is 0 Å². The summed E-state index contributed by atoms with van der Waals surface area (Å²) in [5, 5.41) is 0. The van der Waals surface area contributed by atoms with Crippen LogP contribution in [0.1, 0.15) is 12.8 Å². The lowest BCUT2D eigenvalue weighted by Gasteiger charge is -2.05. The summed E-state index contributed by atoms with van der Waals surface area (Å²) in [6.45, 7) is 0. The van der Waals surface area contributed by atoms with E-state index >= 15 is 0 Å². The molecule has 0 spiro atoms. The van der Waals surface area contributed by atoms with E-state index in [1.54, 1.807) is 0 Å². The van der Waals surface area contributed by atoms with E-state index in [-0.39, 0.29) is 6.16 Å². The minimum atomic E-state index is -2.11. The molecule has 0 saturated carbocycles. The Morgan fingerprint density at radius 3 is 2.75 bits per heavy atom. The first-order chi connectivity index (χ1) is 5.57. The molecule has 0 aromatic rings. The quantitative estimate of drug-likeness (QED) is 0.475. The molecule has 70 valence electrons. The highest BCUT2D eigenvalue weighted by Crippen LogP contribution is 2.15. The molecule has 3 N–H and O–H groups in total. The molecule has 0 fully saturated rings. The van der Waals surface area contributed by atoms with E-state index in [0.717, 1.165) is 0 Å². The van der Waals surface area contributed by atoms with Crippen LogP contribution in [0, 0.1) is 0 Å². The van der Waals surface area contributed by atoms with Crippen LogP contribution in [0.15, 0.2) is 0 Å². The number of ether oxygens (including phenoxy) is 1. The molecule has 0 aliphatic rings. The molecular formula is C6H13NO4P+. The summed E-state index contributed by atoms with van der Waals surface area (Å²) in [5.41, 5.74) is 5.36. The Morgan fingerprint density at radius 1 is 1.75 bits per heavy atom. The Balaban J connectivity index is 3.50. The SMILES string of the molecule is COC(=O)C(N)CCC[P+](=O)O. The van der Waals surface area contributed by atoms with Gasteiger partial charge in [-0.25, -0.2) is 0 Å². The van der Waals surface area contributed by atoms with Gasteiger partial charge in [0.15, 0.2) is 6.16 Å². The molecule has 0 aliphatic heterocycles. The number of methoxy groups -OCH3 is 1. The van der Waals surface area contributed by atoms with Crippen molar-refractivity contribution in [2.24, 2.45) is 5.73 Å². The Bertz CT molecular complexity index is 173. The molecule has 6 heteroatoms. The standard InChI is InChI=1S/C6H12NO4P/c1-11-6(8)5(7)3-2-4-12(9)10/h5H,2-4,7H2,1H3/p+1. The smallest absolute Gasteiger partial charge is 0.468 e. The zero-order chi connectivity index (χ0) is 9.56. The zero-order valence-electron chi connectivity index (χ0n) is 6.90. The highest BCUT2D eigenvalue weighted by atomic mass is 31.1. The van der Waals surface area contributed by atoms with Gasteiger partial charge >= 0.3 is 14.0 Å². The molecule has 0 heterocycles. The van der Waals surface area contributed by atoms with Crippen molar-refractivity contribution in [3.05, 3.63) is 0 Å². The van der Waals surface area contributed by atoms with Gasteiger partial charge < -0.3 is 10.5 Å². The topological polar surface area (TPSA) is 89.6 Å². The van der Waals surface area contributed by atoms with E-state index in [1.165, 1.54) is 7.11 Å². The minimum Gasteiger partial charge on any atom is -0.468 e. The van der Waals surface area contributed by atoms with Gasteiger partial charge in [0.05, 0.1) is 7.11 Å². The van der Waals surface area contributed by atoms with Crippen molar-refractivity contribution in [1.29, 1.82) is 0 Å². The first-order valence-electron chi connectivity index (χ1n) is 3.55. The summed E-state index contributed by atoms with van der Waals surface area (Å²) in [4.78, 5) is 19.1. The average molecular weight is 194 g/mol. The Labute approximate surface area is 71.8 Å². The third-order valence-electron chi connectivity index (χ3n) is 1.37. The molecule has 0 aromatic heterocycles. The van der Waals surface area contributed by atoms with E-state index in [0.29, 0.717) is 12.8 Å². The third-order valence-corrected chi connectivity index (χ3v) is 2.07. The lowest BCUT2D eigenvalue weighted by molar-refractivity contribution is -0.142. The second-order valence-electron chi connectivity index (χ2n) is 2.35. The van der Waals surface area contributed by atoms with E-state index in [9.17, 15) is 9.36 Å². The van der Waals surface area contributed by atoms with Crippen molar-refractivity contribution >= 4 is 14.0 Å². The molecule has 5 nitrogen and oxygen atoms in total. The van der Waals surface area contributed by atoms with Crippen LogP contribution in [0.2, 0.25) is 0 Å². The van der Waals surface area contributed by atoms with E-state index in [2.05, 4.69) is 4.74 Å². The van der Waals surface area contributed by atoms with Gasteiger partial charge in [-0.2, -0.15) is 4.89 Å². The molecule has 0 radical (unpaired) electrons. The summed E-state index contributed by atoms with van der Waals surface area (Å²) < 4.78 is 14.6. The van der Waals surface area contributed by atoms with Crippen LogP contribution in [0.4, 0.5) is 0 Å². The maximum atomic E-state index is 10.7. The molecular weight excluding hydrogens is 181 g/mol. The Kier molecular flexibility index (Phi) is 5.80. The third kappa shape index (κ3) is 5.18. The van der Waals surface area contributed by atoms with Crippen LogP contribution >= 0.6 is 8.03 Å². The number of hydrogen-bond donors (Lipinski definition) is 2. The molecule has 0 aliphatic carbocycles. The van der Waals surface area contributed by atoms with Crippen molar-refractivity contribution in [2.75, 3.05) is 13.3 Å². The van der Waals surface area contributed by atoms with Gasteiger partial charge in [0.25, 0.3) is 0 Å². The predicted octanol–water partition coefficient (Wildman–Crippen LogP) is 0.00160. The fourth-order valence-corrected chi connectivity index (χ4v) is 1.17. The lowest BCUT2D eigenvalue weighted by Crippen LogP contribution is -2.31. The summed E-state index contributed by atoms with van der Waals surface area (Å²) in [6, 6.07) is -0.676. The lowest BCUT2D eigenvalue weighted by atomic mass is 10.2. The summed E-state index contributed by atoms with van der Waals surface area (Å²) in [7, 11) is -0.854. The minimum absolute atomic E-state index is 0.181. The molecule has 0 saturated heterocycles. The summed E-state index contributed by atoms with van der Waals surface area (Å²) in [5.74, 6) is -0.483. The van der Waals surface area contributed by atoms with Gasteiger partial charge in [-0.05, 0) is 17.4 Å². The molecule has 0 bridgehead atoms. The Hall–Kier alpha value is -0.510. The fourth-order valence-electron chi connectivity index (χ4n) is 0.716. The van der Waals surface area contributed by atoms with E-state index in [4.69, 9.17) is 10.6 Å². The molecule has 0 rings (SSSR count). The fraction of sp³-hybridized carbons (Fsp3) is 0.833. The molecule has 2 unspecified atom stereocenters. The maximum Gasteiger partial charge on any atom is 0.505 e. The first kappa shape index (κ1) is 11.5. The summed E-state index contributed by atoms with van der Waals surface area (Å²) >= 11 is 0. The highest BCUT2D eigenvalue weighted by Gasteiger charge is 2.16. The predicted molar refractivity (Wildman–Crippen MR) is 43.9 cm³/mol. The average Bonchev–Trinajstić information content (AvgIpc) is 2.02. The van der Waals surface area contributed by atoms with E-state index in [1.807, 2.05) is 0 Å². The van der Waals surface area contributed by atoms with E-state index < -0.39 is 20.0 Å². The van der Waals surface area contributed by atoms with Crippen molar-refractivity contribution in [3.63, 3.8) is 0 Å². The van der Waals surface area contributed by atoms with Gasteiger partial charge in [-0.1, -0.05) is 0 Å². The second-order valence-corrected chi connectivity index (χ2v) is 3.50. The number of carbonyl (C=O) groups excluding carboxylic acids is 1. The Morgan fingerprint density at radius 2 is 2.33 bits per heavy atom. The zero-order valence-corrected chi connectivity index (χ0v) is 7.79. The van der Waals surface area contributed by atoms with Crippen molar-refractivity contribution in [1.82, 2.24) is 0 Å². The summed E-state index contributed by atoms with van der Waals surface area (Å²) in [6.07, 6.45) is 1.02. The first-order valence-corrected chi connectivity index (χ1v) is 4.94. The molecule has 0 amide bonds. The van der Waals surface area contributed by atoms with Crippen LogP contribution < -0.4 is 5.73 Å². The second kappa shape index (κ2) is 6.06. The monoisotopic (exact) mass is 194 g/mol. The van der Waals surface area contributed by atoms with Gasteiger partial charge in [0, 0.05) is 0 Å². The maximum absolute atomic E-state index is 10.7. The largest absolute Gasteiger partial charge is 0.505 e. The van der Waals surface area contributed by atoms with Crippen LogP contribution in [0.25, 0.3) is 0 Å². The van der Waals surface area contributed by atoms with Crippen molar-refractivity contribution < 1.29 is 19.0 Å². The van der Waals surface area contributed by atoms with Crippen molar-refractivity contribution in [3.8, 4) is 0 Å². The van der Waals surface area contributed by atoms with Gasteiger partial charge in [0.2, 0.25) is 0 Å². The van der Waals surface area contributed by atoms with Crippen LogP contribution in [0.5, 0.6) is 0 Å². The molecule has 0 aromatic carbocycles. The number of hydrogen-bond acceptors (Lipinski definition) is 4. The number of esters is 1. The van der Waals surface area contributed by atoms with Gasteiger partial charge in [0.1, 0.15) is 6.04 Å². The number of rotatable bonds is 5. The molecule has 2 atom stereocenters. The normalized spacial score (nSPS) is 13.8. The van der Waals surface area contributed by atoms with Crippen LogP contribution in [-0.2, 0) is 14.1 Å². The van der Waals surface area contributed by atoms with Crippen molar-refractivity contribution in [2.45, 2.75) is 18.9 Å². The van der Waals surface area contributed by atoms with Crippen LogP contribution in [-0.4, -0.2) is 30.2 Å². The van der Waals surface area contributed by atoms with Gasteiger partial charge in [-0.15, -0.1) is 0 Å².